The van der Waals surface area contributed by atoms with E-state index in [1.807, 2.05) is 38.7 Å². The third kappa shape index (κ3) is 7.66. The number of carbonyl (C=O) groups is 2. The highest BCUT2D eigenvalue weighted by Gasteiger charge is 2.34. The number of ether oxygens (including phenoxy) is 1. The van der Waals surface area contributed by atoms with Crippen molar-refractivity contribution in [2.24, 2.45) is 10.7 Å². The molecule has 1 fully saturated rings. The summed E-state index contributed by atoms with van der Waals surface area (Å²) in [7, 11) is 0. The van der Waals surface area contributed by atoms with E-state index in [2.05, 4.69) is 28.4 Å². The maximum absolute atomic E-state index is 15.9. The van der Waals surface area contributed by atoms with Crippen LogP contribution < -0.4 is 11.1 Å². The first-order valence-corrected chi connectivity index (χ1v) is 14.3. The van der Waals surface area contributed by atoms with Crippen LogP contribution in [0.15, 0.2) is 54.1 Å². The number of piperazine rings is 1. The fourth-order valence-electron chi connectivity index (χ4n) is 4.81. The van der Waals surface area contributed by atoms with Crippen molar-refractivity contribution in [3.8, 4) is 0 Å². The van der Waals surface area contributed by atoms with Crippen molar-refractivity contribution in [3.63, 3.8) is 0 Å². The van der Waals surface area contributed by atoms with Gasteiger partial charge in [-0.05, 0) is 64.3 Å². The zero-order chi connectivity index (χ0) is 32.9. The van der Waals surface area contributed by atoms with Crippen molar-refractivity contribution in [3.05, 3.63) is 77.4 Å². The maximum Gasteiger partial charge on any atom is 0.410 e. The Hall–Kier alpha value is -4.61. The van der Waals surface area contributed by atoms with E-state index < -0.39 is 29.0 Å². The third-order valence-corrected chi connectivity index (χ3v) is 6.90. The van der Waals surface area contributed by atoms with Crippen molar-refractivity contribution in [1.29, 1.82) is 0 Å². The van der Waals surface area contributed by atoms with Crippen molar-refractivity contribution in [2.45, 2.75) is 66.0 Å². The molecule has 1 aliphatic rings. The first-order chi connectivity index (χ1) is 20.6. The highest BCUT2D eigenvalue weighted by Crippen LogP contribution is 2.33. The van der Waals surface area contributed by atoms with Crippen molar-refractivity contribution in [1.82, 2.24) is 19.8 Å². The Labute approximate surface area is 257 Å². The molecule has 3 rings (SSSR count). The minimum atomic E-state index is -1.02. The van der Waals surface area contributed by atoms with Crippen LogP contribution in [0, 0.1) is 12.7 Å². The number of hydrogen-bond donors (Lipinski definition) is 2. The van der Waals surface area contributed by atoms with Gasteiger partial charge in [0.2, 0.25) is 6.41 Å². The number of amides is 2. The Morgan fingerprint density at radius 1 is 1.32 bits per heavy atom. The Bertz CT molecular complexity index is 1510. The average Bonchev–Trinajstić information content (AvgIpc) is 2.93. The molecule has 0 saturated carbocycles. The molecular formula is C32H41F2N7O3. The van der Waals surface area contributed by atoms with E-state index in [-0.39, 0.29) is 53.5 Å². The molecule has 0 aromatic carbocycles. The zero-order valence-electron chi connectivity index (χ0n) is 26.4. The molecule has 12 heteroatoms. The summed E-state index contributed by atoms with van der Waals surface area (Å²) in [6.07, 6.45) is 2.79. The number of nitrogens with zero attached hydrogens (tertiary/aromatic N) is 5. The van der Waals surface area contributed by atoms with Gasteiger partial charge in [-0.25, -0.2) is 23.6 Å². The van der Waals surface area contributed by atoms with Gasteiger partial charge in [0.1, 0.15) is 28.8 Å². The van der Waals surface area contributed by atoms with Crippen LogP contribution in [0.1, 0.15) is 70.0 Å². The number of hydrogen-bond acceptors (Lipinski definition) is 7. The molecule has 0 spiro atoms. The summed E-state index contributed by atoms with van der Waals surface area (Å²) in [4.78, 5) is 42.0. The number of rotatable bonds is 8. The van der Waals surface area contributed by atoms with Gasteiger partial charge in [-0.15, -0.1) is 0 Å². The summed E-state index contributed by atoms with van der Waals surface area (Å²) >= 11 is 0. The predicted octanol–water partition coefficient (Wildman–Crippen LogP) is 5.97. The molecule has 1 atom stereocenters. The Morgan fingerprint density at radius 2 is 2.00 bits per heavy atom. The van der Waals surface area contributed by atoms with E-state index in [0.717, 1.165) is 23.4 Å². The van der Waals surface area contributed by atoms with Crippen molar-refractivity contribution < 1.29 is 23.1 Å². The Morgan fingerprint density at radius 3 is 2.55 bits per heavy atom. The Kier molecular flexibility index (Phi) is 10.6. The molecule has 0 radical (unpaired) electrons. The quantitative estimate of drug-likeness (QED) is 0.163. The lowest BCUT2D eigenvalue weighted by atomic mass is 10.0. The normalized spacial score (nSPS) is 16.4. The number of aromatic nitrogens is 2. The number of allylic oxidation sites excluding steroid dienone is 3. The molecule has 2 amide bonds. The summed E-state index contributed by atoms with van der Waals surface area (Å²) in [5.74, 6) is -1.74. The number of aliphatic imine (C=N–C) groups is 1. The van der Waals surface area contributed by atoms with Gasteiger partial charge in [0, 0.05) is 37.6 Å². The molecule has 2 aromatic heterocycles. The fraction of sp³-hybridized carbons (Fsp3) is 0.406. The monoisotopic (exact) mass is 609 g/mol. The van der Waals surface area contributed by atoms with Gasteiger partial charge >= 0.3 is 6.09 Å². The smallest absolute Gasteiger partial charge is 0.410 e. The lowest BCUT2D eigenvalue weighted by Crippen LogP contribution is -2.56. The predicted molar refractivity (Wildman–Crippen MR) is 169 cm³/mol. The summed E-state index contributed by atoms with van der Waals surface area (Å²) in [5.41, 5.74) is 6.47. The number of halogens is 2. The number of pyridine rings is 2. The molecule has 2 aromatic rings. The summed E-state index contributed by atoms with van der Waals surface area (Å²) in [6, 6.07) is 2.62. The number of aryl methyl sites for hydroxylation is 1. The van der Waals surface area contributed by atoms with Crippen LogP contribution in [-0.4, -0.2) is 69.4 Å². The molecule has 0 aliphatic carbocycles. The van der Waals surface area contributed by atoms with E-state index in [4.69, 9.17) is 15.5 Å². The summed E-state index contributed by atoms with van der Waals surface area (Å²) in [6.45, 7) is 20.8. The van der Waals surface area contributed by atoms with Gasteiger partial charge in [0.15, 0.2) is 5.82 Å². The van der Waals surface area contributed by atoms with Gasteiger partial charge in [-0.1, -0.05) is 27.0 Å². The minimum absolute atomic E-state index is 0.00582. The summed E-state index contributed by atoms with van der Waals surface area (Å²) in [5, 5.41) is 2.51. The van der Waals surface area contributed by atoms with E-state index in [0.29, 0.717) is 18.6 Å². The van der Waals surface area contributed by atoms with Crippen LogP contribution in [0.2, 0.25) is 0 Å². The topological polar surface area (TPSA) is 126 Å². The number of nitrogens with two attached hydrogens (primary N) is 1. The van der Waals surface area contributed by atoms with E-state index in [1.54, 1.807) is 31.9 Å². The lowest BCUT2D eigenvalue weighted by Gasteiger charge is -2.42. The fourth-order valence-corrected chi connectivity index (χ4v) is 4.81. The molecule has 10 nitrogen and oxygen atoms in total. The first kappa shape index (κ1) is 33.9. The van der Waals surface area contributed by atoms with Gasteiger partial charge in [0.25, 0.3) is 0 Å². The van der Waals surface area contributed by atoms with Crippen LogP contribution in [0.3, 0.4) is 0 Å². The molecule has 3 N–H and O–H groups in total. The number of amidine groups is 1. The lowest BCUT2D eigenvalue weighted by molar-refractivity contribution is -0.105. The van der Waals surface area contributed by atoms with Gasteiger partial charge in [-0.3, -0.25) is 9.78 Å². The van der Waals surface area contributed by atoms with Crippen LogP contribution in [0.25, 0.3) is 5.57 Å². The Balaban J connectivity index is 2.28. The highest BCUT2D eigenvalue weighted by molar-refractivity contribution is 6.06. The van der Waals surface area contributed by atoms with Gasteiger partial charge in [0.05, 0.1) is 22.5 Å². The molecule has 0 bridgehead atoms. The number of nitrogens with one attached hydrogen (secondary N) is 1. The molecule has 44 heavy (non-hydrogen) atoms. The second-order valence-electron chi connectivity index (χ2n) is 11.8. The van der Waals surface area contributed by atoms with Crippen molar-refractivity contribution >= 4 is 35.4 Å². The average molecular weight is 610 g/mol. The first-order valence-electron chi connectivity index (χ1n) is 14.3. The largest absolute Gasteiger partial charge is 0.444 e. The maximum atomic E-state index is 15.9. The molecule has 3 heterocycles. The molecule has 1 unspecified atom stereocenters. The standard InChI is InChI=1S/C32H41F2N7O3/c1-10-24(35)25(21(6)33)28-23(34)15-22(29(38-28)37-17-42)30(39-27-19(4)11-12-36-26(27)18(2)3)41-14-13-40(16-20(41)5)31(43)44-32(7,8)9/h10-12,15,17-18,20H,1,6,13-14,16,35H2,2-5,7-9H3,(H,37,38,42)/b25-24-,39-30?. The van der Waals surface area contributed by atoms with Gasteiger partial charge < -0.3 is 25.6 Å². The summed E-state index contributed by atoms with van der Waals surface area (Å²) < 4.78 is 35.9. The van der Waals surface area contributed by atoms with Crippen LogP contribution in [-0.2, 0) is 9.53 Å². The number of anilines is 1. The molecule has 1 aliphatic heterocycles. The van der Waals surface area contributed by atoms with Crippen LogP contribution in [0.4, 0.5) is 25.1 Å². The minimum Gasteiger partial charge on any atom is -0.444 e. The van der Waals surface area contributed by atoms with Crippen LogP contribution in [0.5, 0.6) is 0 Å². The second kappa shape index (κ2) is 13.8. The second-order valence-corrected chi connectivity index (χ2v) is 11.8. The van der Waals surface area contributed by atoms with Crippen LogP contribution >= 0.6 is 0 Å². The third-order valence-electron chi connectivity index (χ3n) is 6.90. The molecular weight excluding hydrogens is 568 g/mol. The van der Waals surface area contributed by atoms with Crippen molar-refractivity contribution in [2.75, 3.05) is 25.0 Å². The zero-order valence-corrected chi connectivity index (χ0v) is 26.4. The van der Waals surface area contributed by atoms with Gasteiger partial charge in [-0.2, -0.15) is 0 Å². The van der Waals surface area contributed by atoms with E-state index in [1.165, 1.54) is 0 Å². The molecule has 236 valence electrons. The van der Waals surface area contributed by atoms with E-state index in [9.17, 15) is 14.0 Å². The molecule has 1 saturated heterocycles. The highest BCUT2D eigenvalue weighted by atomic mass is 19.1. The SMILES string of the molecule is C=C/C(N)=C(\C(=C)F)c1nc(NC=O)c(C(=Nc2c(C)ccnc2C(C)C)N2CCN(C(=O)OC(C)(C)C)CC2C)cc1F. The van der Waals surface area contributed by atoms with E-state index >= 15 is 4.39 Å². The number of carbonyl (C=O) groups excluding carboxylic acids is 2.